The molecule has 0 saturated heterocycles. The third-order valence-corrected chi connectivity index (χ3v) is 9.08. The highest BCUT2D eigenvalue weighted by atomic mass is 19.4. The lowest BCUT2D eigenvalue weighted by atomic mass is 9.65. The molecule has 0 aromatic rings. The molecule has 0 aromatic carbocycles. The topological polar surface area (TPSA) is 108 Å². The standard InChI is InChI=1S/C34H51F13O8/c1-7-9-10-11-12-13-15-53-25(50)28(5,8-2)21-29(6,26(51)54-18-17-52-16-14-48)20-27(3,4)24(49)55-19-22(32(41,42)43)30(37,38)33(44,45)34(46,47)31(39,40)23(35)36/h22-23,48H,7-21H2,1-6H3. The van der Waals surface area contributed by atoms with Crippen molar-refractivity contribution in [2.24, 2.45) is 22.2 Å². The van der Waals surface area contributed by atoms with Crippen LogP contribution in [0.15, 0.2) is 0 Å². The highest BCUT2D eigenvalue weighted by Crippen LogP contribution is 2.58. The molecule has 0 heterocycles. The molecule has 0 spiro atoms. The van der Waals surface area contributed by atoms with Crippen molar-refractivity contribution in [2.75, 3.05) is 39.6 Å². The minimum Gasteiger partial charge on any atom is -0.465 e. The fraction of sp³-hybridized carbons (Fsp3) is 0.912. The van der Waals surface area contributed by atoms with Gasteiger partial charge in [0.1, 0.15) is 13.2 Å². The Morgan fingerprint density at radius 3 is 1.56 bits per heavy atom. The van der Waals surface area contributed by atoms with E-state index in [0.717, 1.165) is 46.0 Å². The molecule has 8 nitrogen and oxygen atoms in total. The van der Waals surface area contributed by atoms with Gasteiger partial charge in [0, 0.05) is 0 Å². The average molecular weight is 835 g/mol. The normalized spacial score (nSPS) is 16.3. The second-order valence-electron chi connectivity index (χ2n) is 14.5. The molecule has 0 fully saturated rings. The van der Waals surface area contributed by atoms with Gasteiger partial charge in [-0.1, -0.05) is 46.0 Å². The third-order valence-electron chi connectivity index (χ3n) is 9.08. The summed E-state index contributed by atoms with van der Waals surface area (Å²) in [6, 6.07) is 0. The number of hydrogen-bond donors (Lipinski definition) is 1. The van der Waals surface area contributed by atoms with E-state index in [1.165, 1.54) is 13.8 Å². The van der Waals surface area contributed by atoms with Crippen LogP contribution in [0.2, 0.25) is 0 Å². The number of hydrogen-bond acceptors (Lipinski definition) is 8. The summed E-state index contributed by atoms with van der Waals surface area (Å²) in [6.45, 7) is 3.85. The molecule has 3 unspecified atom stereocenters. The van der Waals surface area contributed by atoms with Crippen molar-refractivity contribution in [3.63, 3.8) is 0 Å². The van der Waals surface area contributed by atoms with Gasteiger partial charge in [-0.25, -0.2) is 8.78 Å². The Morgan fingerprint density at radius 1 is 0.582 bits per heavy atom. The van der Waals surface area contributed by atoms with E-state index in [-0.39, 0.29) is 32.8 Å². The Bertz CT molecular complexity index is 1210. The zero-order chi connectivity index (χ0) is 43.3. The summed E-state index contributed by atoms with van der Waals surface area (Å²) in [5.41, 5.74) is -5.71. The molecule has 1 N–H and O–H groups in total. The van der Waals surface area contributed by atoms with Crippen LogP contribution in [0.4, 0.5) is 57.1 Å². The Morgan fingerprint density at radius 2 is 1.07 bits per heavy atom. The van der Waals surface area contributed by atoms with E-state index < -0.39 is 102 Å². The van der Waals surface area contributed by atoms with Crippen LogP contribution in [-0.2, 0) is 33.3 Å². The summed E-state index contributed by atoms with van der Waals surface area (Å²) in [7, 11) is 0. The van der Waals surface area contributed by atoms with Crippen LogP contribution in [-0.4, -0.2) is 98.9 Å². The molecule has 0 aliphatic rings. The van der Waals surface area contributed by atoms with Gasteiger partial charge in [-0.2, -0.15) is 48.3 Å². The average Bonchev–Trinajstić information content (AvgIpc) is 3.05. The first-order valence-electron chi connectivity index (χ1n) is 17.5. The molecule has 326 valence electrons. The van der Waals surface area contributed by atoms with Crippen molar-refractivity contribution in [1.29, 1.82) is 0 Å². The van der Waals surface area contributed by atoms with Gasteiger partial charge in [-0.05, 0) is 53.4 Å². The molecule has 0 aliphatic carbocycles. The number of halogens is 13. The van der Waals surface area contributed by atoms with Gasteiger partial charge in [-0.3, -0.25) is 14.4 Å². The molecule has 0 aliphatic heterocycles. The van der Waals surface area contributed by atoms with Crippen molar-refractivity contribution in [2.45, 2.75) is 136 Å². The van der Waals surface area contributed by atoms with E-state index in [0.29, 0.717) is 6.42 Å². The van der Waals surface area contributed by atoms with E-state index in [4.69, 9.17) is 19.3 Å². The summed E-state index contributed by atoms with van der Waals surface area (Å²) in [4.78, 5) is 39.9. The lowest BCUT2D eigenvalue weighted by Crippen LogP contribution is -2.67. The van der Waals surface area contributed by atoms with Crippen molar-refractivity contribution < 1.29 is 95.5 Å². The molecule has 55 heavy (non-hydrogen) atoms. The van der Waals surface area contributed by atoms with Crippen LogP contribution < -0.4 is 0 Å². The number of esters is 3. The number of carbonyl (C=O) groups is 3. The van der Waals surface area contributed by atoms with Gasteiger partial charge >= 0.3 is 54.2 Å². The van der Waals surface area contributed by atoms with Crippen molar-refractivity contribution in [1.82, 2.24) is 0 Å². The van der Waals surface area contributed by atoms with Crippen LogP contribution in [0.1, 0.15) is 99.3 Å². The Labute approximate surface area is 311 Å². The maximum atomic E-state index is 14.6. The fourth-order valence-corrected chi connectivity index (χ4v) is 5.75. The lowest BCUT2D eigenvalue weighted by molar-refractivity contribution is -0.406. The number of carbonyl (C=O) groups excluding carboxylic acids is 3. The maximum absolute atomic E-state index is 14.6. The van der Waals surface area contributed by atoms with Crippen molar-refractivity contribution >= 4 is 17.9 Å². The Balaban J connectivity index is 6.49. The van der Waals surface area contributed by atoms with Crippen LogP contribution in [0.5, 0.6) is 0 Å². The van der Waals surface area contributed by atoms with Crippen molar-refractivity contribution in [3.05, 3.63) is 0 Å². The number of unbranched alkanes of at least 4 members (excludes halogenated alkanes) is 5. The van der Waals surface area contributed by atoms with Gasteiger partial charge in [0.2, 0.25) is 0 Å². The van der Waals surface area contributed by atoms with E-state index in [9.17, 15) is 71.5 Å². The van der Waals surface area contributed by atoms with E-state index in [1.807, 2.05) is 6.92 Å². The van der Waals surface area contributed by atoms with Gasteiger partial charge in [0.25, 0.3) is 0 Å². The zero-order valence-electron chi connectivity index (χ0n) is 31.5. The largest absolute Gasteiger partial charge is 0.465 e. The van der Waals surface area contributed by atoms with Gasteiger partial charge < -0.3 is 24.1 Å². The number of alkyl halides is 13. The first kappa shape index (κ1) is 52.4. The Kier molecular flexibility index (Phi) is 19.8. The summed E-state index contributed by atoms with van der Waals surface area (Å²) in [6.07, 6.45) is -8.50. The van der Waals surface area contributed by atoms with Gasteiger partial charge in [-0.15, -0.1) is 0 Å². The molecule has 0 rings (SSSR count). The molecule has 0 bridgehead atoms. The summed E-state index contributed by atoms with van der Waals surface area (Å²) in [5.74, 6) is -39.0. The summed E-state index contributed by atoms with van der Waals surface area (Å²) < 4.78 is 198. The molecule has 0 aromatic heterocycles. The number of aliphatic hydroxyl groups excluding tert-OH is 1. The minimum absolute atomic E-state index is 0.0114. The highest BCUT2D eigenvalue weighted by Gasteiger charge is 2.85. The molecular weight excluding hydrogens is 783 g/mol. The van der Waals surface area contributed by atoms with Crippen LogP contribution in [0.3, 0.4) is 0 Å². The van der Waals surface area contributed by atoms with E-state index in [2.05, 4.69) is 4.74 Å². The second-order valence-corrected chi connectivity index (χ2v) is 14.5. The van der Waals surface area contributed by atoms with Crippen LogP contribution in [0, 0.1) is 22.2 Å². The quantitative estimate of drug-likeness (QED) is 0.0378. The van der Waals surface area contributed by atoms with E-state index in [1.54, 1.807) is 6.92 Å². The third kappa shape index (κ3) is 13.5. The fourth-order valence-electron chi connectivity index (χ4n) is 5.75. The molecule has 3 atom stereocenters. The molecule has 0 saturated carbocycles. The van der Waals surface area contributed by atoms with Gasteiger partial charge in [0.05, 0.1) is 42.7 Å². The number of rotatable bonds is 27. The van der Waals surface area contributed by atoms with Crippen molar-refractivity contribution in [3.8, 4) is 0 Å². The molecule has 0 radical (unpaired) electrons. The monoisotopic (exact) mass is 834 g/mol. The predicted octanol–water partition coefficient (Wildman–Crippen LogP) is 9.20. The summed E-state index contributed by atoms with van der Waals surface area (Å²) >= 11 is 0. The number of aliphatic hydroxyl groups is 1. The smallest absolute Gasteiger partial charge is 0.401 e. The predicted molar refractivity (Wildman–Crippen MR) is 169 cm³/mol. The Hall–Kier alpha value is -2.58. The maximum Gasteiger partial charge on any atom is 0.401 e. The van der Waals surface area contributed by atoms with Crippen LogP contribution >= 0.6 is 0 Å². The minimum atomic E-state index is -7.78. The first-order chi connectivity index (χ1) is 24.9. The summed E-state index contributed by atoms with van der Waals surface area (Å²) in [5, 5.41) is 8.86. The van der Waals surface area contributed by atoms with E-state index >= 15 is 0 Å². The molecule has 21 heteroatoms. The molecular formula is C34H51F13O8. The lowest BCUT2D eigenvalue weighted by Gasteiger charge is -2.41. The SMILES string of the molecule is CCCCCCCCOC(=O)C(C)(CC)CC(C)(CC(C)(C)C(=O)OCC(C(F)(F)F)C(F)(F)C(F)(F)C(F)(F)C(F)(F)C(F)F)C(=O)OCCOCCO. The first-order valence-corrected chi connectivity index (χ1v) is 17.5. The number of ether oxygens (including phenoxy) is 4. The highest BCUT2D eigenvalue weighted by molar-refractivity contribution is 5.82. The molecule has 0 amide bonds. The van der Waals surface area contributed by atoms with Gasteiger partial charge in [0.15, 0.2) is 5.92 Å². The van der Waals surface area contributed by atoms with Crippen LogP contribution in [0.25, 0.3) is 0 Å². The second kappa shape index (κ2) is 20.7. The zero-order valence-corrected chi connectivity index (χ0v) is 31.5.